The Hall–Kier alpha value is -2.49. The molecule has 2 aliphatic carbocycles. The van der Waals surface area contributed by atoms with Gasteiger partial charge in [-0.3, -0.25) is 4.79 Å². The Labute approximate surface area is 218 Å². The number of nitrogens with one attached hydrogen (secondary N) is 1. The molecule has 36 heavy (non-hydrogen) atoms. The summed E-state index contributed by atoms with van der Waals surface area (Å²) in [6.07, 6.45) is 24.3. The summed E-state index contributed by atoms with van der Waals surface area (Å²) in [7, 11) is 1.68. The van der Waals surface area contributed by atoms with Gasteiger partial charge in [0.15, 0.2) is 5.82 Å². The predicted octanol–water partition coefficient (Wildman–Crippen LogP) is 7.78. The molecule has 1 amide bonds. The van der Waals surface area contributed by atoms with Crippen LogP contribution in [-0.2, 0) is 11.2 Å². The van der Waals surface area contributed by atoms with Crippen LogP contribution in [0, 0.1) is 17.8 Å². The molecule has 4 heteroatoms. The van der Waals surface area contributed by atoms with Crippen LogP contribution in [0.3, 0.4) is 0 Å². The molecule has 4 nitrogen and oxygen atoms in total. The molecule has 3 unspecified atom stereocenters. The summed E-state index contributed by atoms with van der Waals surface area (Å²) in [5.41, 5.74) is 4.79. The molecule has 2 aromatic rings. The van der Waals surface area contributed by atoms with E-state index in [9.17, 15) is 4.79 Å². The Morgan fingerprint density at radius 1 is 0.917 bits per heavy atom. The Morgan fingerprint density at radius 2 is 1.67 bits per heavy atom. The van der Waals surface area contributed by atoms with E-state index in [0.717, 1.165) is 47.5 Å². The Balaban J connectivity index is 1.35. The molecule has 1 fully saturated rings. The molecular weight excluding hydrogens is 442 g/mol. The van der Waals surface area contributed by atoms with Crippen molar-refractivity contribution < 1.29 is 4.79 Å². The third kappa shape index (κ3) is 7.51. The van der Waals surface area contributed by atoms with E-state index in [1.165, 1.54) is 81.8 Å². The van der Waals surface area contributed by atoms with Gasteiger partial charge >= 0.3 is 0 Å². The Bertz CT molecular complexity index is 979. The number of carbonyl (C=O) groups is 1. The fourth-order valence-corrected chi connectivity index (χ4v) is 6.35. The number of hydrogen-bond donors (Lipinski definition) is 1. The van der Waals surface area contributed by atoms with Crippen molar-refractivity contribution in [3.8, 4) is 11.4 Å². The highest BCUT2D eigenvalue weighted by molar-refractivity contribution is 5.75. The van der Waals surface area contributed by atoms with Crippen molar-refractivity contribution in [2.45, 2.75) is 96.8 Å². The number of allylic oxidation sites excluding steroid dienone is 2. The van der Waals surface area contributed by atoms with Crippen molar-refractivity contribution in [3.05, 3.63) is 53.9 Å². The van der Waals surface area contributed by atoms with Crippen molar-refractivity contribution in [1.82, 2.24) is 15.3 Å². The second-order valence-electron chi connectivity index (χ2n) is 11.1. The van der Waals surface area contributed by atoms with E-state index < -0.39 is 0 Å². The first kappa shape index (κ1) is 26.6. The van der Waals surface area contributed by atoms with Crippen LogP contribution >= 0.6 is 0 Å². The van der Waals surface area contributed by atoms with Gasteiger partial charge in [0.25, 0.3) is 0 Å². The lowest BCUT2D eigenvalue weighted by molar-refractivity contribution is -0.120. The third-order valence-corrected chi connectivity index (χ3v) is 8.59. The van der Waals surface area contributed by atoms with E-state index in [1.54, 1.807) is 7.05 Å². The van der Waals surface area contributed by atoms with Gasteiger partial charge in [-0.15, -0.1) is 0 Å². The third-order valence-electron chi connectivity index (χ3n) is 8.59. The molecule has 1 heterocycles. The molecule has 0 bridgehead atoms. The summed E-state index contributed by atoms with van der Waals surface area (Å²) in [5, 5.41) is 2.67. The van der Waals surface area contributed by atoms with Crippen molar-refractivity contribution in [1.29, 1.82) is 0 Å². The highest BCUT2D eigenvalue weighted by Crippen LogP contribution is 2.39. The summed E-state index contributed by atoms with van der Waals surface area (Å²) in [5.74, 6) is 3.58. The number of benzene rings is 1. The maximum absolute atomic E-state index is 11.5. The molecule has 0 spiro atoms. The molecule has 3 atom stereocenters. The van der Waals surface area contributed by atoms with Gasteiger partial charge in [0.05, 0.1) is 0 Å². The normalized spacial score (nSPS) is 23.2. The lowest BCUT2D eigenvalue weighted by Gasteiger charge is -2.30. The van der Waals surface area contributed by atoms with Gasteiger partial charge in [-0.05, 0) is 67.4 Å². The molecule has 1 N–H and O–H groups in total. The minimum absolute atomic E-state index is 0.0717. The van der Waals surface area contributed by atoms with Gasteiger partial charge in [-0.25, -0.2) is 9.97 Å². The molecule has 1 saturated carbocycles. The average molecular weight is 488 g/mol. The summed E-state index contributed by atoms with van der Waals surface area (Å²) in [4.78, 5) is 20.9. The Morgan fingerprint density at radius 3 is 2.42 bits per heavy atom. The van der Waals surface area contributed by atoms with Crippen LogP contribution in [0.5, 0.6) is 0 Å². The number of carbonyl (C=O) groups excluding carboxylic acids is 1. The van der Waals surface area contributed by atoms with Crippen LogP contribution in [0.2, 0.25) is 0 Å². The molecule has 0 aliphatic heterocycles. The summed E-state index contributed by atoms with van der Waals surface area (Å²) in [6, 6.07) is 8.26. The maximum atomic E-state index is 11.5. The molecular formula is C32H45N3O. The summed E-state index contributed by atoms with van der Waals surface area (Å²) in [6.45, 7) is 2.34. The first-order valence-electron chi connectivity index (χ1n) is 14.5. The molecule has 1 aromatic carbocycles. The van der Waals surface area contributed by atoms with Gasteiger partial charge in [0, 0.05) is 37.0 Å². The van der Waals surface area contributed by atoms with Crippen molar-refractivity contribution in [3.63, 3.8) is 0 Å². The number of amides is 1. The lowest BCUT2D eigenvalue weighted by Crippen LogP contribution is -2.18. The average Bonchev–Trinajstić information content (AvgIpc) is 3.16. The van der Waals surface area contributed by atoms with E-state index in [1.807, 2.05) is 12.4 Å². The van der Waals surface area contributed by atoms with Crippen LogP contribution in [-0.4, -0.2) is 22.9 Å². The first-order valence-corrected chi connectivity index (χ1v) is 14.5. The minimum atomic E-state index is 0.0717. The van der Waals surface area contributed by atoms with Gasteiger partial charge in [-0.2, -0.15) is 0 Å². The summed E-state index contributed by atoms with van der Waals surface area (Å²) < 4.78 is 0. The minimum Gasteiger partial charge on any atom is -0.359 e. The number of hydrogen-bond acceptors (Lipinski definition) is 3. The van der Waals surface area contributed by atoms with Crippen LogP contribution in [0.25, 0.3) is 17.0 Å². The molecule has 0 radical (unpaired) electrons. The highest BCUT2D eigenvalue weighted by Gasteiger charge is 2.25. The van der Waals surface area contributed by atoms with E-state index in [-0.39, 0.29) is 5.91 Å². The Kier molecular flexibility index (Phi) is 10.1. The standard InChI is InChI=1S/C32H45N3O/c1-3-7-24-8-4-5-9-26(16-12-24)27-10-6-11-28(20-19-27)30-22-34-32(35-23-30)29-17-13-25(14-18-29)15-21-31(36)33-2/h13-14,17-18,20,22-24,26-27H,3-12,15-16,19,21H2,1-2H3,(H,33,36). The van der Waals surface area contributed by atoms with E-state index >= 15 is 0 Å². The lowest BCUT2D eigenvalue weighted by atomic mass is 9.76. The zero-order chi connectivity index (χ0) is 25.2. The zero-order valence-electron chi connectivity index (χ0n) is 22.5. The molecule has 1 aromatic heterocycles. The van der Waals surface area contributed by atoms with E-state index in [4.69, 9.17) is 9.97 Å². The highest BCUT2D eigenvalue weighted by atomic mass is 16.1. The second-order valence-corrected chi connectivity index (χ2v) is 11.1. The first-order chi connectivity index (χ1) is 17.7. The van der Waals surface area contributed by atoms with Gasteiger partial charge in [0.1, 0.15) is 0 Å². The SMILES string of the molecule is CCCC1CCCCC(C2CC=C(c3cnc(-c4ccc(CCC(=O)NC)cc4)nc3)CCC2)CC1. The fraction of sp³-hybridized carbons (Fsp3) is 0.594. The van der Waals surface area contributed by atoms with Crippen LogP contribution in [0.4, 0.5) is 0 Å². The van der Waals surface area contributed by atoms with Gasteiger partial charge < -0.3 is 5.32 Å². The van der Waals surface area contributed by atoms with Gasteiger partial charge in [-0.1, -0.05) is 82.2 Å². The molecule has 4 rings (SSSR count). The number of aromatic nitrogens is 2. The predicted molar refractivity (Wildman–Crippen MR) is 149 cm³/mol. The largest absolute Gasteiger partial charge is 0.359 e. The number of nitrogens with zero attached hydrogens (tertiary/aromatic N) is 2. The number of aryl methyl sites for hydroxylation is 1. The van der Waals surface area contributed by atoms with Crippen LogP contribution in [0.15, 0.2) is 42.7 Å². The zero-order valence-corrected chi connectivity index (χ0v) is 22.5. The molecule has 194 valence electrons. The second kappa shape index (κ2) is 13.7. The smallest absolute Gasteiger partial charge is 0.220 e. The quantitative estimate of drug-likeness (QED) is 0.413. The van der Waals surface area contributed by atoms with E-state index in [0.29, 0.717) is 6.42 Å². The summed E-state index contributed by atoms with van der Waals surface area (Å²) >= 11 is 0. The molecule has 0 saturated heterocycles. The van der Waals surface area contributed by atoms with Gasteiger partial charge in [0.2, 0.25) is 5.91 Å². The van der Waals surface area contributed by atoms with Crippen LogP contribution < -0.4 is 5.32 Å². The fourth-order valence-electron chi connectivity index (χ4n) is 6.35. The number of rotatable bonds is 8. The monoisotopic (exact) mass is 487 g/mol. The topological polar surface area (TPSA) is 54.9 Å². The molecule has 2 aliphatic rings. The van der Waals surface area contributed by atoms with Crippen molar-refractivity contribution >= 4 is 11.5 Å². The van der Waals surface area contributed by atoms with Crippen LogP contribution in [0.1, 0.15) is 102 Å². The maximum Gasteiger partial charge on any atom is 0.220 e. The van der Waals surface area contributed by atoms with Crippen molar-refractivity contribution in [2.24, 2.45) is 17.8 Å². The van der Waals surface area contributed by atoms with E-state index in [2.05, 4.69) is 42.6 Å². The van der Waals surface area contributed by atoms with Crippen molar-refractivity contribution in [2.75, 3.05) is 7.05 Å².